The summed E-state index contributed by atoms with van der Waals surface area (Å²) in [5.41, 5.74) is 5.96. The van der Waals surface area contributed by atoms with Gasteiger partial charge in [0.25, 0.3) is 0 Å². The van der Waals surface area contributed by atoms with Crippen molar-refractivity contribution in [2.24, 2.45) is 0 Å². The molecule has 1 fully saturated rings. The zero-order chi connectivity index (χ0) is 25.2. The summed E-state index contributed by atoms with van der Waals surface area (Å²) in [7, 11) is 0. The summed E-state index contributed by atoms with van der Waals surface area (Å²) in [6, 6.07) is 23.0. The second-order valence-corrected chi connectivity index (χ2v) is 8.97. The van der Waals surface area contributed by atoms with Crippen LogP contribution in [0.25, 0.3) is 33.3 Å². The molecule has 3 aromatic carbocycles. The Hall–Kier alpha value is -4.36. The van der Waals surface area contributed by atoms with E-state index in [-0.39, 0.29) is 5.82 Å². The van der Waals surface area contributed by atoms with Gasteiger partial charge in [0.2, 0.25) is 5.88 Å². The maximum atomic E-state index is 13.9. The fourth-order valence-electron chi connectivity index (χ4n) is 4.62. The number of morpholine rings is 1. The first-order valence-corrected chi connectivity index (χ1v) is 12.2. The fourth-order valence-corrected chi connectivity index (χ4v) is 4.62. The molecule has 5 aromatic rings. The normalized spacial score (nSPS) is 13.6. The first kappa shape index (κ1) is 23.1. The number of fused-ring (bicyclic) bond motifs is 1. The number of ether oxygens (including phenoxy) is 2. The van der Waals surface area contributed by atoms with E-state index in [2.05, 4.69) is 25.9 Å². The van der Waals surface area contributed by atoms with Crippen molar-refractivity contribution in [2.75, 3.05) is 31.2 Å². The van der Waals surface area contributed by atoms with Crippen LogP contribution >= 0.6 is 0 Å². The Kier molecular flexibility index (Phi) is 6.20. The third-order valence-corrected chi connectivity index (χ3v) is 6.56. The summed E-state index contributed by atoms with van der Waals surface area (Å²) in [5.74, 6) is 0.954. The number of nitrogens with zero attached hydrogens (tertiary/aromatic N) is 4. The maximum absolute atomic E-state index is 13.9. The first-order valence-electron chi connectivity index (χ1n) is 12.2. The molecule has 7 heteroatoms. The van der Waals surface area contributed by atoms with Crippen LogP contribution in [0.2, 0.25) is 0 Å². The van der Waals surface area contributed by atoms with Crippen molar-refractivity contribution >= 4 is 16.6 Å². The number of aryl methyl sites for hydroxylation is 1. The molecule has 184 valence electrons. The fraction of sp³-hybridized carbons (Fsp3) is 0.167. The molecule has 1 aliphatic rings. The first-order chi connectivity index (χ1) is 18.2. The number of hydrogen-bond acceptors (Lipinski definition) is 6. The average molecular weight is 493 g/mol. The highest BCUT2D eigenvalue weighted by Gasteiger charge is 2.15. The molecule has 2 aromatic heterocycles. The van der Waals surface area contributed by atoms with Gasteiger partial charge in [-0.25, -0.2) is 14.4 Å². The van der Waals surface area contributed by atoms with Gasteiger partial charge < -0.3 is 14.4 Å². The summed E-state index contributed by atoms with van der Waals surface area (Å²) in [6.45, 7) is 4.90. The summed E-state index contributed by atoms with van der Waals surface area (Å²) in [4.78, 5) is 15.8. The van der Waals surface area contributed by atoms with E-state index in [4.69, 9.17) is 9.47 Å². The van der Waals surface area contributed by atoms with Crippen molar-refractivity contribution in [2.45, 2.75) is 6.92 Å². The summed E-state index contributed by atoms with van der Waals surface area (Å²) in [6.07, 6.45) is 3.26. The van der Waals surface area contributed by atoms with Crippen LogP contribution in [-0.2, 0) is 4.74 Å². The smallest absolute Gasteiger partial charge is 0.230 e. The Morgan fingerprint density at radius 3 is 2.59 bits per heavy atom. The van der Waals surface area contributed by atoms with E-state index < -0.39 is 0 Å². The zero-order valence-electron chi connectivity index (χ0n) is 20.4. The van der Waals surface area contributed by atoms with E-state index in [0.717, 1.165) is 65.3 Å². The lowest BCUT2D eigenvalue weighted by atomic mass is 9.97. The van der Waals surface area contributed by atoms with Crippen LogP contribution in [0.5, 0.6) is 11.6 Å². The molecule has 0 atom stereocenters. The average Bonchev–Trinajstić information content (AvgIpc) is 2.95. The summed E-state index contributed by atoms with van der Waals surface area (Å²) in [5, 5.41) is 0.793. The number of rotatable bonds is 5. The van der Waals surface area contributed by atoms with E-state index >= 15 is 0 Å². The van der Waals surface area contributed by atoms with Gasteiger partial charge in [0.05, 0.1) is 29.8 Å². The molecule has 1 saturated heterocycles. The molecule has 0 spiro atoms. The molecule has 6 rings (SSSR count). The largest absolute Gasteiger partial charge is 0.438 e. The molecule has 0 amide bonds. The van der Waals surface area contributed by atoms with Crippen molar-refractivity contribution in [1.82, 2.24) is 15.0 Å². The predicted molar refractivity (Wildman–Crippen MR) is 142 cm³/mol. The Labute approximate surface area is 214 Å². The topological polar surface area (TPSA) is 60.4 Å². The number of aromatic nitrogens is 3. The van der Waals surface area contributed by atoms with E-state index in [1.54, 1.807) is 19.2 Å². The Morgan fingerprint density at radius 1 is 0.865 bits per heavy atom. The van der Waals surface area contributed by atoms with Gasteiger partial charge in [0, 0.05) is 42.2 Å². The van der Waals surface area contributed by atoms with Crippen molar-refractivity contribution in [3.63, 3.8) is 0 Å². The minimum atomic E-state index is -0.233. The van der Waals surface area contributed by atoms with Gasteiger partial charge in [-0.05, 0) is 66.6 Å². The summed E-state index contributed by atoms with van der Waals surface area (Å²) < 4.78 is 25.7. The van der Waals surface area contributed by atoms with Crippen LogP contribution in [0.3, 0.4) is 0 Å². The standard InChI is InChI=1S/C30H25FN4O2/c1-20-16-22(7-9-27(20)31)29-25(6-3-11-32-29)21-8-10-28-26(17-21)30(34-19-33-28)37-24-5-2-4-23(18-24)35-12-14-36-15-13-35/h2-11,16-19H,12-15H2,1H3. The van der Waals surface area contributed by atoms with Crippen LogP contribution in [0.1, 0.15) is 5.56 Å². The molecular formula is C30H25FN4O2. The van der Waals surface area contributed by atoms with Gasteiger partial charge in [0.1, 0.15) is 17.9 Å². The number of pyridine rings is 1. The Balaban J connectivity index is 1.38. The van der Waals surface area contributed by atoms with E-state index in [9.17, 15) is 4.39 Å². The van der Waals surface area contributed by atoms with Crippen LogP contribution in [0.15, 0.2) is 85.3 Å². The van der Waals surface area contributed by atoms with Gasteiger partial charge in [-0.2, -0.15) is 0 Å². The third kappa shape index (κ3) is 4.73. The molecule has 0 unspecified atom stereocenters. The number of anilines is 1. The van der Waals surface area contributed by atoms with Gasteiger partial charge in [-0.3, -0.25) is 4.98 Å². The molecule has 37 heavy (non-hydrogen) atoms. The van der Waals surface area contributed by atoms with Crippen molar-refractivity contribution in [3.8, 4) is 34.0 Å². The molecule has 0 saturated carbocycles. The minimum Gasteiger partial charge on any atom is -0.438 e. The number of hydrogen-bond donors (Lipinski definition) is 0. The molecule has 1 aliphatic heterocycles. The maximum Gasteiger partial charge on any atom is 0.230 e. The molecule has 0 N–H and O–H groups in total. The lowest BCUT2D eigenvalue weighted by Crippen LogP contribution is -2.36. The van der Waals surface area contributed by atoms with Crippen molar-refractivity contribution in [1.29, 1.82) is 0 Å². The quantitative estimate of drug-likeness (QED) is 0.282. The van der Waals surface area contributed by atoms with Crippen LogP contribution < -0.4 is 9.64 Å². The Morgan fingerprint density at radius 2 is 1.73 bits per heavy atom. The molecule has 0 aliphatic carbocycles. The molecule has 6 nitrogen and oxygen atoms in total. The minimum absolute atomic E-state index is 0.233. The predicted octanol–water partition coefficient (Wildman–Crippen LogP) is 6.44. The third-order valence-electron chi connectivity index (χ3n) is 6.56. The number of halogens is 1. The lowest BCUT2D eigenvalue weighted by Gasteiger charge is -2.29. The van der Waals surface area contributed by atoms with Gasteiger partial charge in [0.15, 0.2) is 0 Å². The molecule has 0 radical (unpaired) electrons. The van der Waals surface area contributed by atoms with Gasteiger partial charge in [-0.15, -0.1) is 0 Å². The van der Waals surface area contributed by atoms with Crippen LogP contribution in [0, 0.1) is 12.7 Å². The summed E-state index contributed by atoms with van der Waals surface area (Å²) >= 11 is 0. The highest BCUT2D eigenvalue weighted by molar-refractivity contribution is 5.91. The zero-order valence-corrected chi connectivity index (χ0v) is 20.4. The van der Waals surface area contributed by atoms with E-state index in [1.165, 1.54) is 12.4 Å². The van der Waals surface area contributed by atoms with Gasteiger partial charge in [-0.1, -0.05) is 18.2 Å². The number of benzene rings is 3. The van der Waals surface area contributed by atoms with E-state index in [0.29, 0.717) is 17.2 Å². The van der Waals surface area contributed by atoms with Crippen molar-refractivity contribution in [3.05, 3.63) is 96.7 Å². The second-order valence-electron chi connectivity index (χ2n) is 8.97. The Bertz CT molecular complexity index is 1580. The second kappa shape index (κ2) is 9.95. The van der Waals surface area contributed by atoms with Crippen molar-refractivity contribution < 1.29 is 13.9 Å². The molecule has 3 heterocycles. The molecular weight excluding hydrogens is 467 g/mol. The lowest BCUT2D eigenvalue weighted by molar-refractivity contribution is 0.122. The van der Waals surface area contributed by atoms with Crippen LogP contribution in [0.4, 0.5) is 10.1 Å². The molecule has 0 bridgehead atoms. The van der Waals surface area contributed by atoms with E-state index in [1.807, 2.05) is 54.6 Å². The van der Waals surface area contributed by atoms with Crippen LogP contribution in [-0.4, -0.2) is 41.3 Å². The monoisotopic (exact) mass is 492 g/mol. The SMILES string of the molecule is Cc1cc(-c2ncccc2-c2ccc3ncnc(Oc4cccc(N5CCOCC5)c4)c3c2)ccc1F. The highest BCUT2D eigenvalue weighted by Crippen LogP contribution is 2.35. The highest BCUT2D eigenvalue weighted by atomic mass is 19.1. The van der Waals surface area contributed by atoms with Gasteiger partial charge >= 0.3 is 0 Å².